The highest BCUT2D eigenvalue weighted by Gasteiger charge is 2.14. The molecule has 1 atom stereocenters. The fourth-order valence-electron chi connectivity index (χ4n) is 3.53. The van der Waals surface area contributed by atoms with Gasteiger partial charge in [0.25, 0.3) is 0 Å². The average molecular weight is 322 g/mol. The third-order valence-corrected chi connectivity index (χ3v) is 4.64. The van der Waals surface area contributed by atoms with Crippen molar-refractivity contribution in [2.24, 2.45) is 5.73 Å². The van der Waals surface area contributed by atoms with Crippen molar-refractivity contribution in [2.75, 3.05) is 0 Å². The van der Waals surface area contributed by atoms with Crippen LogP contribution in [-0.2, 0) is 0 Å². The van der Waals surface area contributed by atoms with E-state index in [0.29, 0.717) is 0 Å². The van der Waals surface area contributed by atoms with Gasteiger partial charge in [0.1, 0.15) is 0 Å². The van der Waals surface area contributed by atoms with Gasteiger partial charge in [-0.2, -0.15) is 0 Å². The van der Waals surface area contributed by atoms with Gasteiger partial charge in [0, 0.05) is 6.04 Å². The molecule has 0 unspecified atom stereocenters. The fraction of sp³-hybridized carbons (Fsp3) is 0.143. The van der Waals surface area contributed by atoms with Crippen molar-refractivity contribution < 1.29 is 0 Å². The Balaban J connectivity index is 0.00000156. The second kappa shape index (κ2) is 6.19. The first-order chi connectivity index (χ1) is 10.8. The molecule has 0 spiro atoms. The van der Waals surface area contributed by atoms with E-state index in [1.807, 2.05) is 6.08 Å². The lowest BCUT2D eigenvalue weighted by Gasteiger charge is -2.17. The first-order valence-corrected chi connectivity index (χ1v) is 7.82. The summed E-state index contributed by atoms with van der Waals surface area (Å²) in [6, 6.07) is 19.8. The minimum absolute atomic E-state index is 0. The van der Waals surface area contributed by atoms with Crippen LogP contribution in [0.2, 0.25) is 0 Å². The number of halogens is 1. The predicted molar refractivity (Wildman–Crippen MR) is 104 cm³/mol. The quantitative estimate of drug-likeness (QED) is 0.363. The molecule has 0 aliphatic carbocycles. The van der Waals surface area contributed by atoms with Crippen molar-refractivity contribution >= 4 is 44.7 Å². The van der Waals surface area contributed by atoms with Crippen molar-refractivity contribution in [1.29, 1.82) is 0 Å². The van der Waals surface area contributed by atoms with Crippen LogP contribution in [0, 0.1) is 0 Å². The van der Waals surface area contributed by atoms with Crippen molar-refractivity contribution in [3.63, 3.8) is 0 Å². The highest BCUT2D eigenvalue weighted by Crippen LogP contribution is 2.37. The predicted octanol–water partition coefficient (Wildman–Crippen LogP) is 5.97. The molecule has 0 fully saturated rings. The normalized spacial score (nSPS) is 12.6. The molecule has 0 saturated heterocycles. The summed E-state index contributed by atoms with van der Waals surface area (Å²) >= 11 is 0. The first-order valence-electron chi connectivity index (χ1n) is 7.82. The molecule has 0 bridgehead atoms. The van der Waals surface area contributed by atoms with Crippen LogP contribution < -0.4 is 5.73 Å². The summed E-state index contributed by atoms with van der Waals surface area (Å²) in [5.74, 6) is 0. The van der Waals surface area contributed by atoms with E-state index in [1.54, 1.807) is 0 Å². The minimum atomic E-state index is 0. The standard InChI is InChI=1S/C21H19N.ClH/c1-2-3-7-19(22)17-12-10-16-9-8-14-5-4-6-15-11-13-18(17)21(16)20(14)15;/h2,4-6,8-13,19H,1,3,7,22H2;1H/t19-;/m0./s1. The third kappa shape index (κ3) is 2.46. The highest BCUT2D eigenvalue weighted by atomic mass is 35.5. The summed E-state index contributed by atoms with van der Waals surface area (Å²) in [7, 11) is 0. The maximum absolute atomic E-state index is 6.43. The number of hydrogen-bond acceptors (Lipinski definition) is 1. The molecule has 4 aromatic carbocycles. The molecule has 1 nitrogen and oxygen atoms in total. The average Bonchev–Trinajstić information content (AvgIpc) is 2.57. The number of rotatable bonds is 4. The highest BCUT2D eigenvalue weighted by molar-refractivity contribution is 6.23. The molecule has 4 rings (SSSR count). The summed E-state index contributed by atoms with van der Waals surface area (Å²) in [5, 5.41) is 7.88. The van der Waals surface area contributed by atoms with Gasteiger partial charge >= 0.3 is 0 Å². The van der Waals surface area contributed by atoms with Gasteiger partial charge in [0.05, 0.1) is 0 Å². The monoisotopic (exact) mass is 321 g/mol. The lowest BCUT2D eigenvalue weighted by Crippen LogP contribution is -2.10. The summed E-state index contributed by atoms with van der Waals surface area (Å²) in [6.07, 6.45) is 3.83. The molecular formula is C21H20ClN. The Bertz CT molecular complexity index is 958. The summed E-state index contributed by atoms with van der Waals surface area (Å²) in [4.78, 5) is 0. The fourth-order valence-corrected chi connectivity index (χ4v) is 3.53. The Morgan fingerprint density at radius 1 is 0.870 bits per heavy atom. The topological polar surface area (TPSA) is 26.0 Å². The number of hydrogen-bond donors (Lipinski definition) is 1. The molecule has 0 aliphatic heterocycles. The Hall–Kier alpha value is -2.09. The number of benzene rings is 4. The summed E-state index contributed by atoms with van der Waals surface area (Å²) in [5.41, 5.74) is 7.67. The molecule has 23 heavy (non-hydrogen) atoms. The van der Waals surface area contributed by atoms with E-state index >= 15 is 0 Å². The van der Waals surface area contributed by atoms with Crippen LogP contribution in [0.15, 0.2) is 67.3 Å². The molecule has 0 radical (unpaired) electrons. The molecule has 0 aromatic heterocycles. The molecule has 2 N–H and O–H groups in total. The van der Waals surface area contributed by atoms with Gasteiger partial charge in [-0.05, 0) is 50.7 Å². The van der Waals surface area contributed by atoms with Gasteiger partial charge < -0.3 is 5.73 Å². The maximum Gasteiger partial charge on any atom is 0.0304 e. The lowest BCUT2D eigenvalue weighted by atomic mass is 9.89. The minimum Gasteiger partial charge on any atom is -0.324 e. The lowest BCUT2D eigenvalue weighted by molar-refractivity contribution is 0.666. The van der Waals surface area contributed by atoms with Crippen LogP contribution in [0.4, 0.5) is 0 Å². The molecule has 2 heteroatoms. The van der Waals surface area contributed by atoms with Gasteiger partial charge in [-0.15, -0.1) is 19.0 Å². The molecule has 0 aliphatic rings. The molecule has 4 aromatic rings. The first kappa shape index (κ1) is 15.8. The molecule has 0 heterocycles. The molecular weight excluding hydrogens is 302 g/mol. The van der Waals surface area contributed by atoms with E-state index < -0.39 is 0 Å². The van der Waals surface area contributed by atoms with E-state index in [-0.39, 0.29) is 18.4 Å². The smallest absolute Gasteiger partial charge is 0.0304 e. The Kier molecular flexibility index (Phi) is 4.25. The zero-order valence-electron chi connectivity index (χ0n) is 13.0. The van der Waals surface area contributed by atoms with E-state index in [4.69, 9.17) is 5.73 Å². The summed E-state index contributed by atoms with van der Waals surface area (Å²) in [6.45, 7) is 3.80. The van der Waals surface area contributed by atoms with E-state index in [0.717, 1.165) is 12.8 Å². The van der Waals surface area contributed by atoms with Crippen molar-refractivity contribution in [2.45, 2.75) is 18.9 Å². The van der Waals surface area contributed by atoms with Crippen LogP contribution in [0.5, 0.6) is 0 Å². The van der Waals surface area contributed by atoms with Crippen molar-refractivity contribution in [1.82, 2.24) is 0 Å². The number of allylic oxidation sites excluding steroid dienone is 1. The molecule has 0 amide bonds. The van der Waals surface area contributed by atoms with E-state index in [2.05, 4.69) is 61.2 Å². The maximum atomic E-state index is 6.43. The van der Waals surface area contributed by atoms with Gasteiger partial charge in [-0.25, -0.2) is 0 Å². The summed E-state index contributed by atoms with van der Waals surface area (Å²) < 4.78 is 0. The molecule has 0 saturated carbocycles. The Labute approximate surface area is 142 Å². The van der Waals surface area contributed by atoms with Gasteiger partial charge in [-0.3, -0.25) is 0 Å². The van der Waals surface area contributed by atoms with Gasteiger partial charge in [0.2, 0.25) is 0 Å². The zero-order valence-corrected chi connectivity index (χ0v) is 13.8. The Morgan fingerprint density at radius 2 is 1.48 bits per heavy atom. The van der Waals surface area contributed by atoms with Crippen LogP contribution >= 0.6 is 12.4 Å². The third-order valence-electron chi connectivity index (χ3n) is 4.64. The van der Waals surface area contributed by atoms with Gasteiger partial charge in [0.15, 0.2) is 0 Å². The van der Waals surface area contributed by atoms with Gasteiger partial charge in [-0.1, -0.05) is 60.7 Å². The van der Waals surface area contributed by atoms with E-state index in [1.165, 1.54) is 37.9 Å². The Morgan fingerprint density at radius 3 is 2.17 bits per heavy atom. The second-order valence-corrected chi connectivity index (χ2v) is 5.98. The van der Waals surface area contributed by atoms with Crippen LogP contribution in [0.3, 0.4) is 0 Å². The van der Waals surface area contributed by atoms with Crippen LogP contribution in [-0.4, -0.2) is 0 Å². The second-order valence-electron chi connectivity index (χ2n) is 5.98. The van der Waals surface area contributed by atoms with Crippen molar-refractivity contribution in [3.8, 4) is 0 Å². The van der Waals surface area contributed by atoms with Crippen LogP contribution in [0.1, 0.15) is 24.4 Å². The largest absolute Gasteiger partial charge is 0.324 e. The number of nitrogens with two attached hydrogens (primary N) is 1. The SMILES string of the molecule is C=CCC[C@H](N)c1ccc2ccc3cccc4ccc1c2c34.Cl. The van der Waals surface area contributed by atoms with E-state index in [9.17, 15) is 0 Å². The zero-order chi connectivity index (χ0) is 15.1. The van der Waals surface area contributed by atoms with Crippen LogP contribution in [0.25, 0.3) is 32.3 Å². The molecule has 116 valence electrons. The van der Waals surface area contributed by atoms with Crippen molar-refractivity contribution in [3.05, 3.63) is 72.8 Å².